The Labute approximate surface area is 78.5 Å². The van der Waals surface area contributed by atoms with Gasteiger partial charge in [-0.05, 0) is 12.1 Å². The Kier molecular flexibility index (Phi) is 2.04. The smallest absolute Gasteiger partial charge is 0.263 e. The number of H-pyrrole nitrogens is 1. The molecule has 2 aromatic rings. The first-order valence-corrected chi connectivity index (χ1v) is 4.06. The van der Waals surface area contributed by atoms with Crippen LogP contribution >= 0.6 is 0 Å². The highest BCUT2D eigenvalue weighted by Crippen LogP contribution is 2.24. The summed E-state index contributed by atoms with van der Waals surface area (Å²) in [6, 6.07) is 4.22. The Morgan fingerprint density at radius 3 is 2.79 bits per heavy atom. The zero-order valence-electron chi connectivity index (χ0n) is 7.13. The highest BCUT2D eigenvalue weighted by atomic mass is 19.3. The minimum Gasteiger partial charge on any atom is -0.360 e. The maximum atomic E-state index is 12.3. The van der Waals surface area contributed by atoms with E-state index in [-0.39, 0.29) is 5.56 Å². The molecule has 1 N–H and O–H groups in total. The van der Waals surface area contributed by atoms with Gasteiger partial charge in [0.25, 0.3) is 6.43 Å². The van der Waals surface area contributed by atoms with Crippen molar-refractivity contribution in [2.45, 2.75) is 6.43 Å². The molecule has 0 atom stereocenters. The average Bonchev–Trinajstić information content (AvgIpc) is 2.59. The molecule has 0 aliphatic carbocycles. The van der Waals surface area contributed by atoms with E-state index in [0.717, 1.165) is 0 Å². The molecule has 1 aromatic carbocycles. The standard InChI is InChI=1S/C10H7F2NO/c11-10(12)6-1-2-9-8(3-6)7(5-14)4-13-9/h1-5,10,13H. The Balaban J connectivity index is 2.67. The van der Waals surface area contributed by atoms with E-state index in [1.807, 2.05) is 0 Å². The third kappa shape index (κ3) is 1.28. The molecule has 0 saturated heterocycles. The van der Waals surface area contributed by atoms with E-state index in [2.05, 4.69) is 4.98 Å². The molecule has 0 spiro atoms. The quantitative estimate of drug-likeness (QED) is 0.734. The fraction of sp³-hybridized carbons (Fsp3) is 0.100. The first-order chi connectivity index (χ1) is 6.72. The summed E-state index contributed by atoms with van der Waals surface area (Å²) in [6.45, 7) is 0. The molecule has 0 saturated carbocycles. The van der Waals surface area contributed by atoms with Crippen molar-refractivity contribution in [3.05, 3.63) is 35.5 Å². The van der Waals surface area contributed by atoms with Crippen LogP contribution in [-0.2, 0) is 0 Å². The van der Waals surface area contributed by atoms with Gasteiger partial charge < -0.3 is 4.98 Å². The van der Waals surface area contributed by atoms with Crippen LogP contribution in [0.2, 0.25) is 0 Å². The molecule has 0 radical (unpaired) electrons. The highest BCUT2D eigenvalue weighted by molar-refractivity contribution is 5.97. The van der Waals surface area contributed by atoms with Gasteiger partial charge in [-0.15, -0.1) is 0 Å². The van der Waals surface area contributed by atoms with E-state index in [1.54, 1.807) is 6.07 Å². The van der Waals surface area contributed by atoms with Gasteiger partial charge in [-0.1, -0.05) is 6.07 Å². The number of benzene rings is 1. The maximum absolute atomic E-state index is 12.3. The average molecular weight is 195 g/mol. The van der Waals surface area contributed by atoms with Crippen LogP contribution in [0.5, 0.6) is 0 Å². The molecule has 0 aliphatic heterocycles. The van der Waals surface area contributed by atoms with Crippen LogP contribution in [0.3, 0.4) is 0 Å². The number of alkyl halides is 2. The molecule has 0 fully saturated rings. The second kappa shape index (κ2) is 3.21. The number of carbonyl (C=O) groups excluding carboxylic acids is 1. The predicted molar refractivity (Wildman–Crippen MR) is 48.6 cm³/mol. The molecule has 0 unspecified atom stereocenters. The van der Waals surface area contributed by atoms with Crippen molar-refractivity contribution in [1.82, 2.24) is 4.98 Å². The van der Waals surface area contributed by atoms with Crippen LogP contribution in [0, 0.1) is 0 Å². The lowest BCUT2D eigenvalue weighted by molar-refractivity contribution is 0.112. The Morgan fingerprint density at radius 2 is 2.14 bits per heavy atom. The lowest BCUT2D eigenvalue weighted by atomic mass is 10.1. The van der Waals surface area contributed by atoms with Gasteiger partial charge in [0, 0.05) is 28.2 Å². The van der Waals surface area contributed by atoms with Crippen molar-refractivity contribution in [2.24, 2.45) is 0 Å². The molecule has 1 heterocycles. The van der Waals surface area contributed by atoms with Crippen LogP contribution in [0.4, 0.5) is 8.78 Å². The number of rotatable bonds is 2. The normalized spacial score (nSPS) is 11.1. The lowest BCUT2D eigenvalue weighted by Crippen LogP contribution is -1.84. The van der Waals surface area contributed by atoms with Gasteiger partial charge in [0.2, 0.25) is 0 Å². The van der Waals surface area contributed by atoms with E-state index in [1.165, 1.54) is 18.3 Å². The van der Waals surface area contributed by atoms with Gasteiger partial charge >= 0.3 is 0 Å². The van der Waals surface area contributed by atoms with Gasteiger partial charge in [0.15, 0.2) is 6.29 Å². The molecule has 0 bridgehead atoms. The molecule has 2 nitrogen and oxygen atoms in total. The van der Waals surface area contributed by atoms with E-state index in [0.29, 0.717) is 22.8 Å². The fourth-order valence-corrected chi connectivity index (χ4v) is 1.39. The number of fused-ring (bicyclic) bond motifs is 1. The zero-order valence-corrected chi connectivity index (χ0v) is 7.13. The summed E-state index contributed by atoms with van der Waals surface area (Å²) in [5.41, 5.74) is 1.03. The first kappa shape index (κ1) is 8.87. The number of hydrogen-bond acceptors (Lipinski definition) is 1. The van der Waals surface area contributed by atoms with Gasteiger partial charge in [0.05, 0.1) is 0 Å². The SMILES string of the molecule is O=Cc1c[nH]c2ccc(C(F)F)cc12. The minimum atomic E-state index is -2.51. The van der Waals surface area contributed by atoms with E-state index < -0.39 is 6.43 Å². The van der Waals surface area contributed by atoms with Crippen molar-refractivity contribution >= 4 is 17.2 Å². The summed E-state index contributed by atoms with van der Waals surface area (Å²) in [7, 11) is 0. The van der Waals surface area contributed by atoms with Gasteiger partial charge in [-0.2, -0.15) is 0 Å². The van der Waals surface area contributed by atoms with Gasteiger partial charge in [0.1, 0.15) is 0 Å². The Morgan fingerprint density at radius 1 is 1.36 bits per heavy atom. The summed E-state index contributed by atoms with van der Waals surface area (Å²) in [4.78, 5) is 13.4. The number of aldehydes is 1. The van der Waals surface area contributed by atoms with Crippen molar-refractivity contribution < 1.29 is 13.6 Å². The first-order valence-electron chi connectivity index (χ1n) is 4.06. The molecule has 0 amide bonds. The lowest BCUT2D eigenvalue weighted by Gasteiger charge is -1.99. The van der Waals surface area contributed by atoms with Crippen molar-refractivity contribution in [2.75, 3.05) is 0 Å². The number of aromatic amines is 1. The molecular formula is C10H7F2NO. The van der Waals surface area contributed by atoms with Gasteiger partial charge in [-0.25, -0.2) is 8.78 Å². The molecule has 14 heavy (non-hydrogen) atoms. The van der Waals surface area contributed by atoms with E-state index in [9.17, 15) is 13.6 Å². The van der Waals surface area contributed by atoms with Crippen LogP contribution < -0.4 is 0 Å². The molecule has 0 aliphatic rings. The summed E-state index contributed by atoms with van der Waals surface area (Å²) >= 11 is 0. The number of carbonyl (C=O) groups is 1. The number of nitrogens with one attached hydrogen (secondary N) is 1. The Bertz CT molecular complexity index is 476. The highest BCUT2D eigenvalue weighted by Gasteiger charge is 2.09. The minimum absolute atomic E-state index is 0.0693. The van der Waals surface area contributed by atoms with Crippen molar-refractivity contribution in [3.63, 3.8) is 0 Å². The molecule has 2 rings (SSSR count). The number of halogens is 2. The third-order valence-electron chi connectivity index (χ3n) is 2.12. The monoisotopic (exact) mass is 195 g/mol. The molecule has 1 aromatic heterocycles. The summed E-state index contributed by atoms with van der Waals surface area (Å²) in [6.07, 6.45) is -0.352. The van der Waals surface area contributed by atoms with E-state index >= 15 is 0 Å². The Hall–Kier alpha value is -1.71. The van der Waals surface area contributed by atoms with Crippen LogP contribution in [0.15, 0.2) is 24.4 Å². The maximum Gasteiger partial charge on any atom is 0.263 e. The zero-order chi connectivity index (χ0) is 10.1. The van der Waals surface area contributed by atoms with Crippen LogP contribution in [-0.4, -0.2) is 11.3 Å². The number of hydrogen-bond donors (Lipinski definition) is 1. The summed E-state index contributed by atoms with van der Waals surface area (Å²) in [5, 5.41) is 0.540. The van der Waals surface area contributed by atoms with Crippen molar-refractivity contribution in [1.29, 1.82) is 0 Å². The largest absolute Gasteiger partial charge is 0.360 e. The fourth-order valence-electron chi connectivity index (χ4n) is 1.39. The summed E-state index contributed by atoms with van der Waals surface area (Å²) < 4.78 is 24.7. The predicted octanol–water partition coefficient (Wildman–Crippen LogP) is 2.92. The van der Waals surface area contributed by atoms with Gasteiger partial charge in [-0.3, -0.25) is 4.79 Å². The molecule has 4 heteroatoms. The molecule has 72 valence electrons. The second-order valence-corrected chi connectivity index (χ2v) is 2.97. The van der Waals surface area contributed by atoms with Crippen molar-refractivity contribution in [3.8, 4) is 0 Å². The summed E-state index contributed by atoms with van der Waals surface area (Å²) in [5.74, 6) is 0. The van der Waals surface area contributed by atoms with Crippen LogP contribution in [0.1, 0.15) is 22.3 Å². The topological polar surface area (TPSA) is 32.9 Å². The second-order valence-electron chi connectivity index (χ2n) is 2.97. The molecular weight excluding hydrogens is 188 g/mol. The number of aromatic nitrogens is 1. The van der Waals surface area contributed by atoms with E-state index in [4.69, 9.17) is 0 Å². The van der Waals surface area contributed by atoms with Crippen LogP contribution in [0.25, 0.3) is 10.9 Å². The third-order valence-corrected chi connectivity index (χ3v) is 2.12.